The maximum atomic E-state index is 13.0. The summed E-state index contributed by atoms with van der Waals surface area (Å²) in [4.78, 5) is 0. The van der Waals surface area contributed by atoms with E-state index in [4.69, 9.17) is 0 Å². The molecule has 1 saturated carbocycles. The monoisotopic (exact) mass is 202 g/mol. The Kier molecular flexibility index (Phi) is 1.79. The lowest BCUT2D eigenvalue weighted by Crippen LogP contribution is -2.31. The van der Waals surface area contributed by atoms with Gasteiger partial charge in [0, 0.05) is 5.41 Å². The fraction of sp³-hybridized carbons (Fsp3) is 1.00. The summed E-state index contributed by atoms with van der Waals surface area (Å²) < 4.78 is 63.2. The highest BCUT2D eigenvalue weighted by Gasteiger charge is 2.94. The van der Waals surface area contributed by atoms with Crippen LogP contribution < -0.4 is 0 Å². The van der Waals surface area contributed by atoms with E-state index >= 15 is 0 Å². The molecule has 0 aliphatic heterocycles. The molecule has 1 unspecified atom stereocenters. The lowest BCUT2D eigenvalue weighted by atomic mass is 9.92. The van der Waals surface area contributed by atoms with Gasteiger partial charge in [0.05, 0.1) is 0 Å². The molecule has 0 radical (unpaired) electrons. The minimum absolute atomic E-state index is 0.573. The van der Waals surface area contributed by atoms with Crippen LogP contribution in [0.5, 0.6) is 0 Å². The summed E-state index contributed by atoms with van der Waals surface area (Å²) in [5.74, 6) is -3.63. The fourth-order valence-corrected chi connectivity index (χ4v) is 2.25. The third-order valence-electron chi connectivity index (χ3n) is 3.34. The van der Waals surface area contributed by atoms with E-state index in [2.05, 4.69) is 0 Å². The normalized spacial score (nSPS) is 36.0. The van der Waals surface area contributed by atoms with Gasteiger partial charge in [-0.1, -0.05) is 20.8 Å². The van der Waals surface area contributed by atoms with Crippen LogP contribution in [0.4, 0.5) is 22.0 Å². The van der Waals surface area contributed by atoms with E-state index in [9.17, 15) is 22.0 Å². The Labute approximate surface area is 73.1 Å². The van der Waals surface area contributed by atoms with Gasteiger partial charge in [0.15, 0.2) is 0 Å². The van der Waals surface area contributed by atoms with Gasteiger partial charge in [0.1, 0.15) is 5.41 Å². The van der Waals surface area contributed by atoms with Gasteiger partial charge in [0.2, 0.25) is 0 Å². The first kappa shape index (κ1) is 10.7. The van der Waals surface area contributed by atoms with Crippen molar-refractivity contribution in [2.75, 3.05) is 0 Å². The largest absolute Gasteiger partial charge is 0.401 e. The van der Waals surface area contributed by atoms with Crippen LogP contribution in [-0.2, 0) is 0 Å². The van der Waals surface area contributed by atoms with Crippen LogP contribution in [0.25, 0.3) is 0 Å². The molecule has 0 nitrogen and oxygen atoms in total. The maximum absolute atomic E-state index is 13.0. The number of rotatable bonds is 1. The highest BCUT2D eigenvalue weighted by molar-refractivity contribution is 5.27. The minimum Gasteiger partial charge on any atom is -0.205 e. The van der Waals surface area contributed by atoms with E-state index in [0.717, 1.165) is 20.8 Å². The molecule has 0 aromatic rings. The second-order valence-electron chi connectivity index (χ2n) is 3.96. The fourth-order valence-electron chi connectivity index (χ4n) is 2.25. The Balaban J connectivity index is 3.16. The predicted molar refractivity (Wildman–Crippen MR) is 37.5 cm³/mol. The van der Waals surface area contributed by atoms with E-state index in [0.29, 0.717) is 0 Å². The van der Waals surface area contributed by atoms with Crippen LogP contribution in [0.2, 0.25) is 0 Å². The number of alkyl halides is 5. The Morgan fingerprint density at radius 3 is 1.38 bits per heavy atom. The molecule has 1 aliphatic carbocycles. The average Bonchev–Trinajstić information content (AvgIpc) is 2.18. The lowest BCUT2D eigenvalue weighted by molar-refractivity contribution is -0.216. The van der Waals surface area contributed by atoms with Gasteiger partial charge in [-0.15, -0.1) is 0 Å². The van der Waals surface area contributed by atoms with Gasteiger partial charge in [0.25, 0.3) is 5.92 Å². The van der Waals surface area contributed by atoms with E-state index in [1.165, 1.54) is 0 Å². The van der Waals surface area contributed by atoms with Gasteiger partial charge in [-0.3, -0.25) is 0 Å². The molecule has 13 heavy (non-hydrogen) atoms. The number of hydrogen-bond acceptors (Lipinski definition) is 0. The van der Waals surface area contributed by atoms with Crippen molar-refractivity contribution in [2.24, 2.45) is 10.8 Å². The van der Waals surface area contributed by atoms with Gasteiger partial charge in [-0.05, 0) is 6.42 Å². The summed E-state index contributed by atoms with van der Waals surface area (Å²) >= 11 is 0. The zero-order valence-corrected chi connectivity index (χ0v) is 7.60. The second kappa shape index (κ2) is 2.17. The molecular weight excluding hydrogens is 191 g/mol. The van der Waals surface area contributed by atoms with Crippen molar-refractivity contribution in [3.8, 4) is 0 Å². The molecule has 0 heterocycles. The van der Waals surface area contributed by atoms with E-state index < -0.39 is 29.3 Å². The Bertz CT molecular complexity index is 211. The highest BCUT2D eigenvalue weighted by atomic mass is 19.4. The molecule has 78 valence electrons. The molecule has 0 aromatic carbocycles. The van der Waals surface area contributed by atoms with Crippen molar-refractivity contribution in [3.63, 3.8) is 0 Å². The van der Waals surface area contributed by atoms with Crippen LogP contribution in [0.3, 0.4) is 0 Å². The Hall–Kier alpha value is -0.350. The molecule has 0 aromatic heterocycles. The quantitative estimate of drug-likeness (QED) is 0.569. The molecular formula is C8H11F5. The zero-order valence-electron chi connectivity index (χ0n) is 7.60. The molecule has 0 spiro atoms. The molecule has 1 rings (SSSR count). The smallest absolute Gasteiger partial charge is 0.205 e. The summed E-state index contributed by atoms with van der Waals surface area (Å²) in [5, 5.41) is 0. The third kappa shape index (κ3) is 0.808. The second-order valence-corrected chi connectivity index (χ2v) is 3.96. The molecule has 1 atom stereocenters. The number of halogens is 5. The van der Waals surface area contributed by atoms with Crippen LogP contribution >= 0.6 is 0 Å². The Morgan fingerprint density at radius 2 is 1.38 bits per heavy atom. The average molecular weight is 202 g/mol. The van der Waals surface area contributed by atoms with Crippen molar-refractivity contribution in [3.05, 3.63) is 0 Å². The standard InChI is InChI=1S/C8H11F5/c1-4-6(8(11,12)13)5(2,3)7(6,9)10/h4H2,1-3H3. The van der Waals surface area contributed by atoms with Gasteiger partial charge < -0.3 is 0 Å². The molecule has 1 aliphatic rings. The number of hydrogen-bond donors (Lipinski definition) is 0. The molecule has 0 N–H and O–H groups in total. The zero-order chi connectivity index (χ0) is 10.7. The van der Waals surface area contributed by atoms with E-state index in [1.807, 2.05) is 0 Å². The summed E-state index contributed by atoms with van der Waals surface area (Å²) in [6.07, 6.45) is -5.40. The maximum Gasteiger partial charge on any atom is 0.401 e. The minimum atomic E-state index is -4.82. The molecule has 0 saturated heterocycles. The van der Waals surface area contributed by atoms with Crippen LogP contribution in [0.1, 0.15) is 27.2 Å². The molecule has 5 heteroatoms. The first-order valence-electron chi connectivity index (χ1n) is 4.01. The SMILES string of the molecule is CCC1(C(F)(F)F)C(C)(C)C1(F)F. The first-order valence-corrected chi connectivity index (χ1v) is 4.01. The summed E-state index contributed by atoms with van der Waals surface area (Å²) in [6.45, 7) is 3.07. The van der Waals surface area contributed by atoms with Crippen LogP contribution in [0, 0.1) is 10.8 Å². The van der Waals surface area contributed by atoms with E-state index in [-0.39, 0.29) is 0 Å². The molecule has 1 fully saturated rings. The van der Waals surface area contributed by atoms with Crippen LogP contribution in [-0.4, -0.2) is 12.1 Å². The highest BCUT2D eigenvalue weighted by Crippen LogP contribution is 2.81. The summed E-state index contributed by atoms with van der Waals surface area (Å²) in [6, 6.07) is 0. The topological polar surface area (TPSA) is 0 Å². The van der Waals surface area contributed by atoms with E-state index in [1.54, 1.807) is 0 Å². The van der Waals surface area contributed by atoms with Crippen molar-refractivity contribution < 1.29 is 22.0 Å². The summed E-state index contributed by atoms with van der Waals surface area (Å²) in [5.41, 5.74) is -4.78. The van der Waals surface area contributed by atoms with Crippen molar-refractivity contribution >= 4 is 0 Å². The van der Waals surface area contributed by atoms with Crippen molar-refractivity contribution in [1.82, 2.24) is 0 Å². The first-order chi connectivity index (χ1) is 5.56. The lowest BCUT2D eigenvalue weighted by Gasteiger charge is -2.19. The molecule has 0 bridgehead atoms. The van der Waals surface area contributed by atoms with Gasteiger partial charge in [-0.25, -0.2) is 8.78 Å². The van der Waals surface area contributed by atoms with Gasteiger partial charge in [-0.2, -0.15) is 13.2 Å². The van der Waals surface area contributed by atoms with Crippen molar-refractivity contribution in [2.45, 2.75) is 39.3 Å². The van der Waals surface area contributed by atoms with Gasteiger partial charge >= 0.3 is 6.18 Å². The summed E-state index contributed by atoms with van der Waals surface area (Å²) in [7, 11) is 0. The van der Waals surface area contributed by atoms with Crippen molar-refractivity contribution in [1.29, 1.82) is 0 Å². The predicted octanol–water partition coefficient (Wildman–Crippen LogP) is 3.62. The Morgan fingerprint density at radius 1 is 1.08 bits per heavy atom. The third-order valence-corrected chi connectivity index (χ3v) is 3.34. The molecule has 0 amide bonds. The van der Waals surface area contributed by atoms with Crippen LogP contribution in [0.15, 0.2) is 0 Å².